The maximum absolute atomic E-state index is 13.6. The van der Waals surface area contributed by atoms with Gasteiger partial charge in [-0.1, -0.05) is 305 Å². The number of carbonyl (C=O) groups is 10. The Bertz CT molecular complexity index is 3480. The minimum atomic E-state index is -0.554. The van der Waals surface area contributed by atoms with Crippen molar-refractivity contribution in [2.24, 2.45) is 29.6 Å². The molecule has 0 aliphatic carbocycles. The van der Waals surface area contributed by atoms with E-state index in [0.29, 0.717) is 74.2 Å². The quantitative estimate of drug-likeness (QED) is 0.0237. The Morgan fingerprint density at radius 1 is 0.221 bits per heavy atom. The summed E-state index contributed by atoms with van der Waals surface area (Å²) in [6.07, 6.45) is 57.2. The van der Waals surface area contributed by atoms with Gasteiger partial charge in [-0.25, -0.2) is 0 Å². The maximum Gasteiger partial charge on any atom is 0.309 e. The monoisotopic (exact) mass is 2050 g/mol. The van der Waals surface area contributed by atoms with Gasteiger partial charge in [0, 0.05) is 61.5 Å². The largest absolute Gasteiger partial charge is 0.462 e. The van der Waals surface area contributed by atoms with Gasteiger partial charge in [0.15, 0.2) is 0 Å². The van der Waals surface area contributed by atoms with Crippen molar-refractivity contribution in [3.05, 3.63) is 0 Å². The Morgan fingerprint density at radius 3 is 0.636 bits per heavy atom. The zero-order valence-corrected chi connectivity index (χ0v) is 92.3. The molecule has 0 aromatic carbocycles. The first-order valence-corrected chi connectivity index (χ1v) is 59.5. The summed E-state index contributed by atoms with van der Waals surface area (Å²) in [6, 6.07) is 0. The van der Waals surface area contributed by atoms with Crippen molar-refractivity contribution in [1.29, 1.82) is 0 Å². The molecular formula is C112H185N3O20S5. The molecule has 0 aliphatic rings. The molecule has 0 spiro atoms. The van der Waals surface area contributed by atoms with Crippen LogP contribution in [0, 0.1) is 100 Å². The summed E-state index contributed by atoms with van der Waals surface area (Å²) in [5.41, 5.74) is 0. The van der Waals surface area contributed by atoms with Crippen molar-refractivity contribution >= 4 is 119 Å². The number of carbonyl (C=O) groups excluding carboxylic acids is 10. The first-order chi connectivity index (χ1) is 68.2. The number of unbranched alkanes of at least 4 members (excludes halogenated alkanes) is 37. The second kappa shape index (κ2) is 103. The molecule has 0 aromatic heterocycles. The van der Waals surface area contributed by atoms with Gasteiger partial charge in [0.2, 0.25) is 0 Å². The molecule has 5 unspecified atom stereocenters. The molecule has 0 bridgehead atoms. The fraction of sp³-hybridized carbons (Fsp3) is 0.804. The summed E-state index contributed by atoms with van der Waals surface area (Å²) < 4.78 is 55.4. The second-order valence-electron chi connectivity index (χ2n) is 36.5. The number of terminal acetylenes is 1. The molecule has 28 heteroatoms. The van der Waals surface area contributed by atoms with Crippen LogP contribution in [0.15, 0.2) is 0 Å². The zero-order valence-electron chi connectivity index (χ0n) is 88.3. The Hall–Kier alpha value is -6.31. The van der Waals surface area contributed by atoms with Gasteiger partial charge in [-0.3, -0.25) is 47.9 Å². The zero-order chi connectivity index (χ0) is 103. The third kappa shape index (κ3) is 91.6. The van der Waals surface area contributed by atoms with Crippen LogP contribution in [0.3, 0.4) is 0 Å². The molecule has 0 aliphatic heterocycles. The Kier molecular flexibility index (Phi) is 98.1. The number of hydrogen-bond acceptors (Lipinski definition) is 28. The summed E-state index contributed by atoms with van der Waals surface area (Å²) in [7, 11) is 0. The lowest BCUT2D eigenvalue weighted by Gasteiger charge is -2.26. The third-order valence-electron chi connectivity index (χ3n) is 23.3. The van der Waals surface area contributed by atoms with Gasteiger partial charge in [-0.15, -0.1) is 6.42 Å². The lowest BCUT2D eigenvalue weighted by molar-refractivity contribution is -0.154. The first kappa shape index (κ1) is 134. The normalized spacial score (nSPS) is 12.0. The van der Waals surface area contributed by atoms with Crippen molar-refractivity contribution in [3.8, 4) is 70.9 Å². The molecule has 5 atom stereocenters. The van der Waals surface area contributed by atoms with E-state index < -0.39 is 41.7 Å². The summed E-state index contributed by atoms with van der Waals surface area (Å²) in [5.74, 6) is 25.4. The van der Waals surface area contributed by atoms with Gasteiger partial charge in [-0.05, 0) is 159 Å². The Labute approximate surface area is 870 Å². The molecule has 0 rings (SSSR count). The molecule has 0 amide bonds. The average molecular weight is 2050 g/mol. The van der Waals surface area contributed by atoms with E-state index in [2.05, 4.69) is 97.1 Å². The molecule has 23 nitrogen and oxygen atoms in total. The second-order valence-corrected chi connectivity index (χ2v) is 41.9. The Balaban J connectivity index is 6.56. The predicted octanol–water partition coefficient (Wildman–Crippen LogP) is 22.6. The number of thioether (sulfide) groups is 5. The Morgan fingerprint density at radius 2 is 0.407 bits per heavy atom. The number of esters is 10. The lowest BCUT2D eigenvalue weighted by Crippen LogP contribution is -2.35. The van der Waals surface area contributed by atoms with Gasteiger partial charge in [0.25, 0.3) is 0 Å². The van der Waals surface area contributed by atoms with Crippen LogP contribution in [-0.2, 0) is 95.3 Å². The van der Waals surface area contributed by atoms with E-state index >= 15 is 0 Å². The van der Waals surface area contributed by atoms with E-state index in [-0.39, 0.29) is 178 Å². The highest BCUT2D eigenvalue weighted by atomic mass is 32.2. The minimum absolute atomic E-state index is 0.00986. The summed E-state index contributed by atoms with van der Waals surface area (Å²) >= 11 is 8.21. The topological polar surface area (TPSA) is 273 Å². The molecule has 0 N–H and O–H groups in total. The molecule has 0 fully saturated rings. The summed E-state index contributed by atoms with van der Waals surface area (Å²) in [6.45, 7) is 19.9. The number of ether oxygens (including phenoxy) is 10. The van der Waals surface area contributed by atoms with Crippen LogP contribution in [0.25, 0.3) is 0 Å². The molecular weight excluding hydrogens is 1870 g/mol. The number of hydrogen-bond donors (Lipinski definition) is 0. The molecule has 0 heterocycles. The van der Waals surface area contributed by atoms with Crippen LogP contribution >= 0.6 is 58.8 Å². The fourth-order valence-electron chi connectivity index (χ4n) is 14.6. The summed E-state index contributed by atoms with van der Waals surface area (Å²) in [5, 5.41) is 2.81. The van der Waals surface area contributed by atoms with E-state index in [1.165, 1.54) is 243 Å². The van der Waals surface area contributed by atoms with Gasteiger partial charge in [-0.2, -0.15) is 47.0 Å². The van der Waals surface area contributed by atoms with Crippen molar-refractivity contribution in [2.45, 2.75) is 371 Å². The van der Waals surface area contributed by atoms with Gasteiger partial charge in [0.05, 0.1) is 61.7 Å². The van der Waals surface area contributed by atoms with Crippen molar-refractivity contribution < 1.29 is 95.3 Å². The van der Waals surface area contributed by atoms with E-state index in [0.717, 1.165) is 48.7 Å². The molecule has 0 saturated heterocycles. The van der Waals surface area contributed by atoms with Gasteiger partial charge >= 0.3 is 59.7 Å². The van der Waals surface area contributed by atoms with Crippen molar-refractivity contribution in [2.75, 3.05) is 177 Å². The molecule has 0 saturated carbocycles. The highest BCUT2D eigenvalue weighted by Gasteiger charge is 2.23. The smallest absolute Gasteiger partial charge is 0.309 e. The predicted molar refractivity (Wildman–Crippen MR) is 579 cm³/mol. The van der Waals surface area contributed by atoms with Crippen LogP contribution < -0.4 is 0 Å². The highest BCUT2D eigenvalue weighted by Crippen LogP contribution is 2.22. The minimum Gasteiger partial charge on any atom is -0.462 e. The van der Waals surface area contributed by atoms with Crippen LogP contribution in [0.2, 0.25) is 0 Å². The van der Waals surface area contributed by atoms with Crippen molar-refractivity contribution in [3.63, 3.8) is 0 Å². The third-order valence-corrected chi connectivity index (χ3v) is 29.5. The van der Waals surface area contributed by atoms with Crippen LogP contribution in [0.4, 0.5) is 0 Å². The van der Waals surface area contributed by atoms with E-state index in [9.17, 15) is 47.9 Å². The fourth-order valence-corrected chi connectivity index (χ4v) is 19.5. The van der Waals surface area contributed by atoms with E-state index in [1.54, 1.807) is 54.0 Å². The molecule has 798 valence electrons. The first-order valence-electron chi connectivity index (χ1n) is 53.9. The SMILES string of the molecule is C#CC#CC#CC#CC#CC#CSCC(C)C(=O)OCCOC(=O)CCN(CCCN(CCCCN(CCC(=O)OCCOC(=O)C(C)CSCCCCCCCCCCCC)CCC(=O)OCCOC(=O)C(C)CSCCCCCCCCCCCC)CCC(=O)OCCOC(=O)C(C)CSCCCCCCCCCCCC)CCC(=O)OCCOC(=O)C(C)CSCCCCCCCCCCCC. The number of rotatable bonds is 98. The number of nitrogens with zero attached hydrogens (tertiary/aromatic N) is 3. The van der Waals surface area contributed by atoms with Crippen molar-refractivity contribution in [1.82, 2.24) is 14.7 Å². The maximum atomic E-state index is 13.6. The van der Waals surface area contributed by atoms with E-state index in [1.807, 2.05) is 37.5 Å². The van der Waals surface area contributed by atoms with E-state index in [4.69, 9.17) is 53.8 Å². The molecule has 0 aromatic rings. The van der Waals surface area contributed by atoms with Crippen LogP contribution in [0.1, 0.15) is 371 Å². The average Bonchev–Trinajstić information content (AvgIpc) is 0.945. The van der Waals surface area contributed by atoms with Crippen LogP contribution in [-0.4, -0.2) is 251 Å². The highest BCUT2D eigenvalue weighted by molar-refractivity contribution is 8.03. The summed E-state index contributed by atoms with van der Waals surface area (Å²) in [4.78, 5) is 138. The molecule has 0 radical (unpaired) electrons. The van der Waals surface area contributed by atoms with Gasteiger partial charge < -0.3 is 62.1 Å². The molecule has 140 heavy (non-hydrogen) atoms. The standard InChI is InChI=1S/C112H185N3O20S5/c1-11-16-21-26-31-36-41-46-51-58-88-136-93-98(6)108(121)131-83-78-126-103(116)64-73-113(71-63-72-115(76-67-106(119)129-81-86-134-111(124)101(9)96-139-91-61-54-49-44-39-34-29-24-19-14-4)77-68-107(120)130-82-87-135-112(125)102(10)97-140-92-62-55-50-45-40-35-30-25-20-15-5)69-56-57-70-114(74-65-104(117)127-79-84-132-109(122)99(7)94-137-89-59-52-47-42-37-32-27-22-17-12-2)75-66-105(118)128-80-85-133-110(123)100(8)95-138-90-60-53-48-43-38-33-28-23-18-13-3/h4,98-102H,11-13,15-18,20-23,25-28,30-33,35-38,40-43,45-48,50-53,55-60,62-90,92-97H2,1-3,5-10H3. The van der Waals surface area contributed by atoms with Gasteiger partial charge in [0.1, 0.15) is 66.1 Å². The lowest BCUT2D eigenvalue weighted by atomic mass is 10.1. The van der Waals surface area contributed by atoms with Crippen LogP contribution in [0.5, 0.6) is 0 Å².